The van der Waals surface area contributed by atoms with Crippen molar-refractivity contribution >= 4 is 22.7 Å². The molecule has 0 aliphatic heterocycles. The Labute approximate surface area is 153 Å². The highest BCUT2D eigenvalue weighted by molar-refractivity contribution is 5.97. The highest BCUT2D eigenvalue weighted by Gasteiger charge is 2.16. The first-order valence-corrected chi connectivity index (χ1v) is 8.69. The molecular weight excluding hydrogens is 326 g/mol. The molecule has 134 valence electrons. The van der Waals surface area contributed by atoms with Crippen LogP contribution >= 0.6 is 0 Å². The number of carbonyl (C=O) groups excluding carboxylic acids is 2. The molecule has 0 saturated heterocycles. The van der Waals surface area contributed by atoms with Gasteiger partial charge >= 0.3 is 5.97 Å². The molecule has 2 aromatic carbocycles. The van der Waals surface area contributed by atoms with Crippen molar-refractivity contribution in [3.05, 3.63) is 69.9 Å². The van der Waals surface area contributed by atoms with Gasteiger partial charge in [-0.3, -0.25) is 9.59 Å². The minimum atomic E-state index is -0.279. The number of Topliss-reactive ketones (excluding diaryl/α,β-unsaturated/α-hetero) is 1. The number of nitrogens with one attached hydrogen (secondary N) is 1. The fraction of sp³-hybridized carbons (Fsp3) is 0.273. The van der Waals surface area contributed by atoms with Crippen LogP contribution in [0.1, 0.15) is 45.1 Å². The van der Waals surface area contributed by atoms with E-state index in [4.69, 9.17) is 4.74 Å². The van der Waals surface area contributed by atoms with Crippen LogP contribution in [-0.4, -0.2) is 16.7 Å². The Kier molecular flexibility index (Phi) is 4.94. The molecule has 0 unspecified atom stereocenters. The first-order valence-electron chi connectivity index (χ1n) is 8.69. The molecule has 4 heteroatoms. The first kappa shape index (κ1) is 17.9. The third-order valence-electron chi connectivity index (χ3n) is 4.87. The number of esters is 1. The minimum absolute atomic E-state index is 0.0337. The number of hydrogen-bond acceptors (Lipinski definition) is 3. The molecule has 0 spiro atoms. The van der Waals surface area contributed by atoms with Crippen molar-refractivity contribution in [1.82, 2.24) is 4.98 Å². The number of aromatic nitrogens is 1. The largest absolute Gasteiger partial charge is 0.461 e. The number of para-hydroxylation sites is 1. The molecule has 0 aliphatic carbocycles. The second-order valence-corrected chi connectivity index (χ2v) is 6.74. The number of hydrogen-bond donors (Lipinski definition) is 1. The summed E-state index contributed by atoms with van der Waals surface area (Å²) in [5, 5.41) is 1.03. The van der Waals surface area contributed by atoms with E-state index in [2.05, 4.69) is 4.98 Å². The zero-order valence-corrected chi connectivity index (χ0v) is 15.6. The molecule has 4 nitrogen and oxygen atoms in total. The van der Waals surface area contributed by atoms with Gasteiger partial charge in [-0.1, -0.05) is 24.3 Å². The number of H-pyrrole nitrogens is 1. The third-order valence-corrected chi connectivity index (χ3v) is 4.87. The molecule has 0 atom stereocenters. The van der Waals surface area contributed by atoms with Gasteiger partial charge in [-0.25, -0.2) is 0 Å². The van der Waals surface area contributed by atoms with Gasteiger partial charge in [0.25, 0.3) is 0 Å². The Bertz CT molecular complexity index is 998. The number of ether oxygens (including phenoxy) is 1. The van der Waals surface area contributed by atoms with Crippen LogP contribution in [-0.2, 0) is 22.6 Å². The molecule has 0 bridgehead atoms. The van der Waals surface area contributed by atoms with Gasteiger partial charge in [0, 0.05) is 22.7 Å². The standard InChI is InChI=1S/C22H23NO3/c1-13-9-14(2)22(16(4)24)15(3)19(13)12-26-21(25)10-17-11-23-20-8-6-5-7-18(17)20/h5-9,11,23H,10,12H2,1-4H3. The highest BCUT2D eigenvalue weighted by atomic mass is 16.5. The lowest BCUT2D eigenvalue weighted by Crippen LogP contribution is -2.11. The van der Waals surface area contributed by atoms with Crippen molar-refractivity contribution in [2.75, 3.05) is 0 Å². The van der Waals surface area contributed by atoms with Crippen molar-refractivity contribution in [3.63, 3.8) is 0 Å². The zero-order valence-electron chi connectivity index (χ0n) is 15.6. The molecule has 0 radical (unpaired) electrons. The summed E-state index contributed by atoms with van der Waals surface area (Å²) in [4.78, 5) is 27.4. The van der Waals surface area contributed by atoms with Crippen LogP contribution in [0.3, 0.4) is 0 Å². The Morgan fingerprint density at radius 2 is 1.81 bits per heavy atom. The van der Waals surface area contributed by atoms with E-state index in [1.54, 1.807) is 6.92 Å². The summed E-state index contributed by atoms with van der Waals surface area (Å²) >= 11 is 0. The molecule has 0 amide bonds. The number of fused-ring (bicyclic) bond motifs is 1. The predicted octanol–water partition coefficient (Wildman–Crippen LogP) is 4.58. The summed E-state index contributed by atoms with van der Waals surface area (Å²) in [5.74, 6) is -0.245. The molecule has 26 heavy (non-hydrogen) atoms. The van der Waals surface area contributed by atoms with E-state index in [-0.39, 0.29) is 24.8 Å². The van der Waals surface area contributed by atoms with Gasteiger partial charge in [-0.15, -0.1) is 0 Å². The molecular formula is C22H23NO3. The molecule has 0 saturated carbocycles. The predicted molar refractivity (Wildman–Crippen MR) is 102 cm³/mol. The Morgan fingerprint density at radius 1 is 1.08 bits per heavy atom. The number of ketones is 1. The van der Waals surface area contributed by atoms with Crippen LogP contribution < -0.4 is 0 Å². The number of benzene rings is 2. The van der Waals surface area contributed by atoms with E-state index >= 15 is 0 Å². The van der Waals surface area contributed by atoms with E-state index in [0.717, 1.165) is 44.3 Å². The maximum absolute atomic E-state index is 12.3. The number of aromatic amines is 1. The summed E-state index contributed by atoms with van der Waals surface area (Å²) in [6.45, 7) is 7.58. The van der Waals surface area contributed by atoms with E-state index < -0.39 is 0 Å². The molecule has 1 aromatic heterocycles. The fourth-order valence-electron chi connectivity index (χ4n) is 3.63. The maximum atomic E-state index is 12.3. The number of aryl methyl sites for hydroxylation is 2. The van der Waals surface area contributed by atoms with Crippen LogP contribution in [0.25, 0.3) is 10.9 Å². The summed E-state index contributed by atoms with van der Waals surface area (Å²) in [7, 11) is 0. The monoisotopic (exact) mass is 349 g/mol. The van der Waals surface area contributed by atoms with Gasteiger partial charge in [-0.05, 0) is 61.6 Å². The van der Waals surface area contributed by atoms with Crippen molar-refractivity contribution in [2.24, 2.45) is 0 Å². The summed E-state index contributed by atoms with van der Waals surface area (Å²) in [5.41, 5.74) is 6.45. The second kappa shape index (κ2) is 7.16. The van der Waals surface area contributed by atoms with E-state index in [9.17, 15) is 9.59 Å². The molecule has 0 aliphatic rings. The second-order valence-electron chi connectivity index (χ2n) is 6.74. The van der Waals surface area contributed by atoms with Gasteiger partial charge in [0.15, 0.2) is 5.78 Å². The Hall–Kier alpha value is -2.88. The smallest absolute Gasteiger partial charge is 0.310 e. The summed E-state index contributed by atoms with van der Waals surface area (Å²) in [6.07, 6.45) is 2.07. The van der Waals surface area contributed by atoms with E-state index in [1.165, 1.54) is 0 Å². The van der Waals surface area contributed by atoms with Gasteiger partial charge < -0.3 is 9.72 Å². The zero-order chi connectivity index (χ0) is 18.8. The summed E-state index contributed by atoms with van der Waals surface area (Å²) in [6, 6.07) is 9.85. The van der Waals surface area contributed by atoms with Gasteiger partial charge in [-0.2, -0.15) is 0 Å². The maximum Gasteiger partial charge on any atom is 0.310 e. The van der Waals surface area contributed by atoms with Crippen LogP contribution in [0.5, 0.6) is 0 Å². The Morgan fingerprint density at radius 3 is 2.54 bits per heavy atom. The quantitative estimate of drug-likeness (QED) is 0.542. The molecule has 1 N–H and O–H groups in total. The van der Waals surface area contributed by atoms with E-state index in [1.807, 2.05) is 57.3 Å². The van der Waals surface area contributed by atoms with Crippen LogP contribution in [0.4, 0.5) is 0 Å². The lowest BCUT2D eigenvalue weighted by atomic mass is 9.92. The average molecular weight is 349 g/mol. The fourth-order valence-corrected chi connectivity index (χ4v) is 3.63. The van der Waals surface area contributed by atoms with Crippen molar-refractivity contribution in [3.8, 4) is 0 Å². The number of carbonyl (C=O) groups is 2. The lowest BCUT2D eigenvalue weighted by Gasteiger charge is -2.16. The SMILES string of the molecule is CC(=O)c1c(C)cc(C)c(COC(=O)Cc2c[nH]c3ccccc23)c1C. The van der Waals surface area contributed by atoms with Crippen molar-refractivity contribution in [1.29, 1.82) is 0 Å². The highest BCUT2D eigenvalue weighted by Crippen LogP contribution is 2.24. The average Bonchev–Trinajstić information content (AvgIpc) is 2.97. The normalized spacial score (nSPS) is 10.9. The lowest BCUT2D eigenvalue weighted by molar-refractivity contribution is -0.144. The summed E-state index contributed by atoms with van der Waals surface area (Å²) < 4.78 is 5.52. The molecule has 3 aromatic rings. The molecule has 0 fully saturated rings. The van der Waals surface area contributed by atoms with Gasteiger partial charge in [0.2, 0.25) is 0 Å². The topological polar surface area (TPSA) is 59.2 Å². The molecule has 3 rings (SSSR count). The first-order chi connectivity index (χ1) is 12.4. The van der Waals surface area contributed by atoms with Gasteiger partial charge in [0.05, 0.1) is 6.42 Å². The number of rotatable bonds is 5. The Balaban J connectivity index is 1.76. The minimum Gasteiger partial charge on any atom is -0.461 e. The van der Waals surface area contributed by atoms with E-state index in [0.29, 0.717) is 0 Å². The van der Waals surface area contributed by atoms with Crippen molar-refractivity contribution < 1.29 is 14.3 Å². The van der Waals surface area contributed by atoms with Crippen LogP contribution in [0.15, 0.2) is 36.5 Å². The van der Waals surface area contributed by atoms with Crippen LogP contribution in [0.2, 0.25) is 0 Å². The molecule has 1 heterocycles. The van der Waals surface area contributed by atoms with Crippen LogP contribution in [0, 0.1) is 20.8 Å². The van der Waals surface area contributed by atoms with Crippen molar-refractivity contribution in [2.45, 2.75) is 40.7 Å². The van der Waals surface area contributed by atoms with Gasteiger partial charge in [0.1, 0.15) is 6.61 Å². The third kappa shape index (κ3) is 3.40.